The minimum Gasteiger partial charge on any atom is -0.490 e. The average Bonchev–Trinajstić information content (AvgIpc) is 3.27. The van der Waals surface area contributed by atoms with Gasteiger partial charge in [0, 0.05) is 11.3 Å². The lowest BCUT2D eigenvalue weighted by molar-refractivity contribution is 0.0939. The predicted octanol–water partition coefficient (Wildman–Crippen LogP) is 4.39. The molecule has 1 heterocycles. The van der Waals surface area contributed by atoms with E-state index in [4.69, 9.17) is 9.47 Å². The number of rotatable bonds is 10. The largest absolute Gasteiger partial charge is 0.490 e. The molecule has 2 aromatic carbocycles. The molecule has 0 bridgehead atoms. The van der Waals surface area contributed by atoms with Crippen LogP contribution in [0.1, 0.15) is 48.3 Å². The molecule has 0 fully saturated rings. The molecule has 3 rings (SSSR count). The van der Waals surface area contributed by atoms with Crippen LogP contribution in [0.25, 0.3) is 0 Å². The van der Waals surface area contributed by atoms with Crippen LogP contribution in [0, 0.1) is 0 Å². The molecular weight excluding hydrogens is 400 g/mol. The summed E-state index contributed by atoms with van der Waals surface area (Å²) in [5, 5.41) is 10.5. The summed E-state index contributed by atoms with van der Waals surface area (Å²) in [5.41, 5.74) is 2.53. The molecule has 0 unspecified atom stereocenters. The van der Waals surface area contributed by atoms with Gasteiger partial charge in [0.05, 0.1) is 19.3 Å². The summed E-state index contributed by atoms with van der Waals surface area (Å²) < 4.78 is 11.3. The molecule has 1 atom stereocenters. The zero-order valence-electron chi connectivity index (χ0n) is 17.3. The third-order valence-electron chi connectivity index (χ3n) is 4.43. The van der Waals surface area contributed by atoms with E-state index < -0.39 is 0 Å². The number of aromatic amines is 1. The Morgan fingerprint density at radius 2 is 1.90 bits per heavy atom. The first-order valence-corrected chi connectivity index (χ1v) is 10.9. The Morgan fingerprint density at radius 1 is 1.13 bits per heavy atom. The maximum absolute atomic E-state index is 13.0. The average molecular weight is 427 g/mol. The van der Waals surface area contributed by atoms with Crippen molar-refractivity contribution in [2.24, 2.45) is 0 Å². The number of thioether (sulfide) groups is 1. The fourth-order valence-electron chi connectivity index (χ4n) is 2.97. The number of benzene rings is 2. The van der Waals surface area contributed by atoms with E-state index in [-0.39, 0.29) is 11.9 Å². The van der Waals surface area contributed by atoms with Crippen LogP contribution >= 0.6 is 11.8 Å². The number of carbonyl (C=O) groups excluding carboxylic acids is 1. The van der Waals surface area contributed by atoms with E-state index in [0.29, 0.717) is 36.0 Å². The second-order valence-corrected chi connectivity index (χ2v) is 7.47. The highest BCUT2D eigenvalue weighted by Gasteiger charge is 2.17. The number of carbonyl (C=O) groups is 1. The van der Waals surface area contributed by atoms with Gasteiger partial charge in [-0.2, -0.15) is 5.10 Å². The van der Waals surface area contributed by atoms with Crippen molar-refractivity contribution in [1.82, 2.24) is 20.5 Å². The molecule has 1 amide bonds. The molecule has 0 spiro atoms. The van der Waals surface area contributed by atoms with Crippen LogP contribution in [-0.2, 0) is 5.75 Å². The smallest absolute Gasteiger partial charge is 0.252 e. The van der Waals surface area contributed by atoms with Crippen LogP contribution in [0.2, 0.25) is 0 Å². The molecule has 0 aliphatic carbocycles. The van der Waals surface area contributed by atoms with E-state index >= 15 is 0 Å². The Kier molecular flexibility index (Phi) is 7.73. The van der Waals surface area contributed by atoms with Gasteiger partial charge in [0.25, 0.3) is 5.91 Å². The summed E-state index contributed by atoms with van der Waals surface area (Å²) in [6.07, 6.45) is 1.47. The van der Waals surface area contributed by atoms with Crippen LogP contribution in [0.15, 0.2) is 53.9 Å². The molecule has 8 heteroatoms. The molecule has 0 saturated carbocycles. The van der Waals surface area contributed by atoms with Crippen LogP contribution in [0.4, 0.5) is 0 Å². The first-order chi connectivity index (χ1) is 14.6. The van der Waals surface area contributed by atoms with Crippen LogP contribution in [0.3, 0.4) is 0 Å². The van der Waals surface area contributed by atoms with Gasteiger partial charge in [-0.25, -0.2) is 4.98 Å². The van der Waals surface area contributed by atoms with Crippen molar-refractivity contribution < 1.29 is 14.3 Å². The summed E-state index contributed by atoms with van der Waals surface area (Å²) in [6.45, 7) is 6.93. The maximum Gasteiger partial charge on any atom is 0.252 e. The molecular formula is C22H26N4O3S. The van der Waals surface area contributed by atoms with Crippen molar-refractivity contribution in [1.29, 1.82) is 0 Å². The monoisotopic (exact) mass is 426 g/mol. The fourth-order valence-corrected chi connectivity index (χ4v) is 3.76. The maximum atomic E-state index is 13.0. The summed E-state index contributed by atoms with van der Waals surface area (Å²) in [4.78, 5) is 17.1. The predicted molar refractivity (Wildman–Crippen MR) is 117 cm³/mol. The van der Waals surface area contributed by atoms with Gasteiger partial charge in [-0.15, -0.1) is 0 Å². The number of ether oxygens (including phenoxy) is 2. The lowest BCUT2D eigenvalue weighted by atomic mass is 10.0. The Morgan fingerprint density at radius 3 is 2.63 bits per heavy atom. The second kappa shape index (κ2) is 10.7. The SMILES string of the molecule is CCOc1ccc([C@H](C)NC(=O)c2ccccc2CSc2ncn[nH]2)cc1OCC. The Hall–Kier alpha value is -3.00. The lowest BCUT2D eigenvalue weighted by Gasteiger charge is -2.18. The molecule has 0 saturated heterocycles. The Labute approximate surface area is 180 Å². The molecule has 1 aromatic heterocycles. The van der Waals surface area contributed by atoms with E-state index in [0.717, 1.165) is 16.3 Å². The van der Waals surface area contributed by atoms with Crippen molar-refractivity contribution in [2.45, 2.75) is 37.7 Å². The summed E-state index contributed by atoms with van der Waals surface area (Å²) in [5.74, 6) is 1.88. The first kappa shape index (κ1) is 21.7. The molecule has 30 heavy (non-hydrogen) atoms. The molecule has 7 nitrogen and oxygen atoms in total. The van der Waals surface area contributed by atoms with E-state index in [1.807, 2.05) is 63.2 Å². The van der Waals surface area contributed by atoms with Crippen LogP contribution in [0.5, 0.6) is 11.5 Å². The number of nitrogens with zero attached hydrogens (tertiary/aromatic N) is 2. The van der Waals surface area contributed by atoms with E-state index in [9.17, 15) is 4.79 Å². The van der Waals surface area contributed by atoms with Crippen LogP contribution in [-0.4, -0.2) is 34.3 Å². The third-order valence-corrected chi connectivity index (χ3v) is 5.36. The highest BCUT2D eigenvalue weighted by molar-refractivity contribution is 7.98. The number of amides is 1. The van der Waals surface area contributed by atoms with Gasteiger partial charge in [0.15, 0.2) is 16.7 Å². The van der Waals surface area contributed by atoms with E-state index in [1.54, 1.807) is 0 Å². The summed E-state index contributed by atoms with van der Waals surface area (Å²) in [7, 11) is 0. The molecule has 2 N–H and O–H groups in total. The van der Waals surface area contributed by atoms with E-state index in [1.165, 1.54) is 18.1 Å². The number of H-pyrrole nitrogens is 1. The van der Waals surface area contributed by atoms with Gasteiger partial charge in [0.1, 0.15) is 6.33 Å². The van der Waals surface area contributed by atoms with Gasteiger partial charge in [0.2, 0.25) is 0 Å². The Balaban J connectivity index is 1.72. The first-order valence-electron chi connectivity index (χ1n) is 9.88. The standard InChI is InChI=1S/C22H26N4O3S/c1-4-28-19-11-10-16(12-20(19)29-5-2)15(3)25-21(27)18-9-7-6-8-17(18)13-30-22-23-14-24-26-22/h6-12,14-15H,4-5,13H2,1-3H3,(H,25,27)(H,23,24,26)/t15-/m0/s1. The third kappa shape index (κ3) is 5.54. The van der Waals surface area contributed by atoms with Crippen molar-refractivity contribution in [2.75, 3.05) is 13.2 Å². The van der Waals surface area contributed by atoms with Crippen molar-refractivity contribution >= 4 is 17.7 Å². The lowest BCUT2D eigenvalue weighted by Crippen LogP contribution is -2.27. The van der Waals surface area contributed by atoms with Gasteiger partial charge in [-0.3, -0.25) is 9.89 Å². The van der Waals surface area contributed by atoms with Crippen LogP contribution < -0.4 is 14.8 Å². The number of hydrogen-bond acceptors (Lipinski definition) is 6. The normalized spacial score (nSPS) is 11.7. The highest BCUT2D eigenvalue weighted by atomic mass is 32.2. The van der Waals surface area contributed by atoms with Crippen molar-refractivity contribution in [3.05, 3.63) is 65.5 Å². The number of hydrogen-bond donors (Lipinski definition) is 2. The quantitative estimate of drug-likeness (QED) is 0.468. The zero-order valence-corrected chi connectivity index (χ0v) is 18.2. The minimum atomic E-state index is -0.192. The fraction of sp³-hybridized carbons (Fsp3) is 0.318. The summed E-state index contributed by atoms with van der Waals surface area (Å²) in [6, 6.07) is 13.1. The minimum absolute atomic E-state index is 0.122. The van der Waals surface area contributed by atoms with Gasteiger partial charge in [-0.05, 0) is 50.1 Å². The van der Waals surface area contributed by atoms with E-state index in [2.05, 4.69) is 20.5 Å². The van der Waals surface area contributed by atoms with Gasteiger partial charge in [-0.1, -0.05) is 36.0 Å². The number of nitrogens with one attached hydrogen (secondary N) is 2. The Bertz CT molecular complexity index is 963. The molecule has 158 valence electrons. The second-order valence-electron chi connectivity index (χ2n) is 6.50. The molecule has 0 aliphatic heterocycles. The van der Waals surface area contributed by atoms with Crippen molar-refractivity contribution in [3.63, 3.8) is 0 Å². The topological polar surface area (TPSA) is 89.1 Å². The molecule has 0 radical (unpaired) electrons. The van der Waals surface area contributed by atoms with Gasteiger partial charge >= 0.3 is 0 Å². The highest BCUT2D eigenvalue weighted by Crippen LogP contribution is 2.31. The molecule has 3 aromatic rings. The van der Waals surface area contributed by atoms with Gasteiger partial charge < -0.3 is 14.8 Å². The van der Waals surface area contributed by atoms with Crippen molar-refractivity contribution in [3.8, 4) is 11.5 Å². The summed E-state index contributed by atoms with van der Waals surface area (Å²) >= 11 is 1.50. The molecule has 0 aliphatic rings. The number of aromatic nitrogens is 3. The zero-order chi connectivity index (χ0) is 21.3.